The zero-order chi connectivity index (χ0) is 18.0. The molecule has 0 spiro atoms. The van der Waals surface area contributed by atoms with Gasteiger partial charge in [-0.1, -0.05) is 11.8 Å². The highest BCUT2D eigenvalue weighted by Gasteiger charge is 2.28. The maximum Gasteiger partial charge on any atom is 0.345 e. The molecule has 1 aliphatic rings. The van der Waals surface area contributed by atoms with Crippen LogP contribution >= 0.6 is 11.8 Å². The Balaban J connectivity index is 1.55. The zero-order valence-electron chi connectivity index (χ0n) is 14.7. The summed E-state index contributed by atoms with van der Waals surface area (Å²) in [4.78, 5) is 30.5. The minimum absolute atomic E-state index is 0.0748. The van der Waals surface area contributed by atoms with Crippen molar-refractivity contribution in [1.29, 1.82) is 0 Å². The minimum atomic E-state index is -0.0748. The van der Waals surface area contributed by atoms with Crippen LogP contribution in [0.3, 0.4) is 0 Å². The Morgan fingerprint density at radius 2 is 2.08 bits per heavy atom. The van der Waals surface area contributed by atoms with E-state index < -0.39 is 0 Å². The van der Waals surface area contributed by atoms with E-state index in [0.29, 0.717) is 30.5 Å². The number of H-pyrrole nitrogens is 1. The molecule has 0 aliphatic carbocycles. The number of nitrogens with zero attached hydrogens (tertiary/aromatic N) is 6. The summed E-state index contributed by atoms with van der Waals surface area (Å²) in [6.45, 7) is 5.77. The number of hydrogen-bond donors (Lipinski definition) is 1. The SMILES string of the molecule is CCn1c(C2CCN(C(=O)CSc3n[nH]c(C)n3)CC2)nn(C)c1=O. The van der Waals surface area contributed by atoms with E-state index >= 15 is 0 Å². The fourth-order valence-corrected chi connectivity index (χ4v) is 3.86. The number of aryl methyl sites for hydroxylation is 2. The first kappa shape index (κ1) is 17.7. The van der Waals surface area contributed by atoms with Gasteiger partial charge >= 0.3 is 5.69 Å². The molecule has 136 valence electrons. The Bertz CT molecular complexity index is 801. The van der Waals surface area contributed by atoms with E-state index in [-0.39, 0.29) is 17.5 Å². The van der Waals surface area contributed by atoms with Crippen molar-refractivity contribution in [2.45, 2.75) is 44.3 Å². The van der Waals surface area contributed by atoms with Gasteiger partial charge < -0.3 is 4.90 Å². The summed E-state index contributed by atoms with van der Waals surface area (Å²) in [7, 11) is 1.68. The molecule has 0 atom stereocenters. The lowest BCUT2D eigenvalue weighted by Gasteiger charge is -2.31. The number of hydrogen-bond acceptors (Lipinski definition) is 6. The maximum absolute atomic E-state index is 12.4. The number of rotatable bonds is 5. The van der Waals surface area contributed by atoms with Gasteiger partial charge in [0.25, 0.3) is 0 Å². The first-order valence-corrected chi connectivity index (χ1v) is 9.41. The van der Waals surface area contributed by atoms with Crippen molar-refractivity contribution in [3.8, 4) is 0 Å². The highest BCUT2D eigenvalue weighted by molar-refractivity contribution is 7.99. The van der Waals surface area contributed by atoms with Crippen molar-refractivity contribution in [1.82, 2.24) is 34.4 Å². The largest absolute Gasteiger partial charge is 0.345 e. The summed E-state index contributed by atoms with van der Waals surface area (Å²) >= 11 is 1.35. The predicted molar refractivity (Wildman–Crippen MR) is 93.5 cm³/mol. The topological polar surface area (TPSA) is 102 Å². The molecule has 1 amide bonds. The van der Waals surface area contributed by atoms with E-state index in [1.807, 2.05) is 18.7 Å². The van der Waals surface area contributed by atoms with Gasteiger partial charge in [0.05, 0.1) is 5.75 Å². The summed E-state index contributed by atoms with van der Waals surface area (Å²) in [6.07, 6.45) is 1.65. The number of aromatic nitrogens is 6. The second kappa shape index (κ2) is 7.42. The van der Waals surface area contributed by atoms with Gasteiger partial charge in [-0.2, -0.15) is 5.10 Å². The third-order valence-electron chi connectivity index (χ3n) is 4.47. The summed E-state index contributed by atoms with van der Waals surface area (Å²) in [5.41, 5.74) is -0.0748. The number of aromatic amines is 1. The van der Waals surface area contributed by atoms with Crippen molar-refractivity contribution >= 4 is 17.7 Å². The van der Waals surface area contributed by atoms with Gasteiger partial charge in [-0.05, 0) is 26.7 Å². The first-order chi connectivity index (χ1) is 12.0. The minimum Gasteiger partial charge on any atom is -0.342 e. The van der Waals surface area contributed by atoms with E-state index in [9.17, 15) is 9.59 Å². The lowest BCUT2D eigenvalue weighted by atomic mass is 9.96. The molecule has 3 rings (SSSR count). The Morgan fingerprint density at radius 3 is 2.68 bits per heavy atom. The summed E-state index contributed by atoms with van der Waals surface area (Å²) in [5.74, 6) is 2.24. The smallest absolute Gasteiger partial charge is 0.342 e. The number of nitrogens with one attached hydrogen (secondary N) is 1. The molecule has 1 fully saturated rings. The number of likely N-dealkylation sites (tertiary alicyclic amines) is 1. The first-order valence-electron chi connectivity index (χ1n) is 8.43. The highest BCUT2D eigenvalue weighted by atomic mass is 32.2. The van der Waals surface area contributed by atoms with Gasteiger partial charge in [-0.15, -0.1) is 5.10 Å². The molecule has 1 saturated heterocycles. The molecule has 0 bridgehead atoms. The number of thioether (sulfide) groups is 1. The second-order valence-corrected chi connectivity index (χ2v) is 7.10. The summed E-state index contributed by atoms with van der Waals surface area (Å²) < 4.78 is 3.12. The summed E-state index contributed by atoms with van der Waals surface area (Å²) in [6, 6.07) is 0. The standard InChI is InChI=1S/C15H23N7O2S/c1-4-22-13(19-20(3)15(22)24)11-5-7-21(8-6-11)12(23)9-25-14-16-10(2)17-18-14/h11H,4-9H2,1-3H3,(H,16,17,18). The quantitative estimate of drug-likeness (QED) is 0.776. The molecule has 1 N–H and O–H groups in total. The van der Waals surface area contributed by atoms with Crippen molar-refractivity contribution in [3.63, 3.8) is 0 Å². The van der Waals surface area contributed by atoms with Crippen LogP contribution in [-0.2, 0) is 18.4 Å². The third kappa shape index (κ3) is 3.78. The molecule has 25 heavy (non-hydrogen) atoms. The van der Waals surface area contributed by atoms with Crippen LogP contribution in [0.4, 0.5) is 0 Å². The maximum atomic E-state index is 12.4. The van der Waals surface area contributed by atoms with Gasteiger partial charge in [-0.3, -0.25) is 14.5 Å². The van der Waals surface area contributed by atoms with Crippen LogP contribution in [0.2, 0.25) is 0 Å². The molecule has 9 nitrogen and oxygen atoms in total. The average molecular weight is 365 g/mol. The fourth-order valence-electron chi connectivity index (χ4n) is 3.11. The van der Waals surface area contributed by atoms with Gasteiger partial charge in [-0.25, -0.2) is 14.5 Å². The average Bonchev–Trinajstić information content (AvgIpc) is 3.16. The Labute approximate surface area is 149 Å². The predicted octanol–water partition coefficient (Wildman–Crippen LogP) is 0.527. The van der Waals surface area contributed by atoms with Gasteiger partial charge in [0.2, 0.25) is 11.1 Å². The Morgan fingerprint density at radius 1 is 1.36 bits per heavy atom. The summed E-state index contributed by atoms with van der Waals surface area (Å²) in [5, 5.41) is 11.8. The van der Waals surface area contributed by atoms with E-state index in [1.54, 1.807) is 11.6 Å². The van der Waals surface area contributed by atoms with Crippen LogP contribution < -0.4 is 5.69 Å². The molecule has 0 radical (unpaired) electrons. The second-order valence-electron chi connectivity index (χ2n) is 6.16. The monoisotopic (exact) mass is 365 g/mol. The van der Waals surface area contributed by atoms with Crippen LogP contribution in [0.5, 0.6) is 0 Å². The molecule has 0 aromatic carbocycles. The van der Waals surface area contributed by atoms with Crippen LogP contribution in [0.15, 0.2) is 9.95 Å². The molecule has 2 aromatic heterocycles. The lowest BCUT2D eigenvalue weighted by molar-refractivity contribution is -0.129. The molecule has 3 heterocycles. The van der Waals surface area contributed by atoms with Crippen LogP contribution in [0.1, 0.15) is 37.3 Å². The van der Waals surface area contributed by atoms with Crippen molar-refractivity contribution in [2.24, 2.45) is 7.05 Å². The third-order valence-corrected chi connectivity index (χ3v) is 5.30. The number of amides is 1. The van der Waals surface area contributed by atoms with Gasteiger partial charge in [0.1, 0.15) is 11.6 Å². The molecular formula is C15H23N7O2S. The molecular weight excluding hydrogens is 342 g/mol. The number of carbonyl (C=O) groups is 1. The Kier molecular flexibility index (Phi) is 5.26. The van der Waals surface area contributed by atoms with E-state index in [2.05, 4.69) is 20.3 Å². The van der Waals surface area contributed by atoms with Crippen molar-refractivity contribution in [3.05, 3.63) is 22.1 Å². The lowest BCUT2D eigenvalue weighted by Crippen LogP contribution is -2.39. The normalized spacial score (nSPS) is 15.7. The number of carbonyl (C=O) groups excluding carboxylic acids is 1. The molecule has 1 aliphatic heterocycles. The Hall–Kier alpha value is -2.10. The number of piperidine rings is 1. The van der Waals surface area contributed by atoms with Gasteiger partial charge in [0, 0.05) is 32.6 Å². The molecule has 0 unspecified atom stereocenters. The molecule has 10 heteroatoms. The van der Waals surface area contributed by atoms with Crippen molar-refractivity contribution in [2.75, 3.05) is 18.8 Å². The molecule has 0 saturated carbocycles. The highest BCUT2D eigenvalue weighted by Crippen LogP contribution is 2.26. The molecule has 2 aromatic rings. The van der Waals surface area contributed by atoms with E-state index in [4.69, 9.17) is 0 Å². The van der Waals surface area contributed by atoms with Crippen molar-refractivity contribution < 1.29 is 4.79 Å². The zero-order valence-corrected chi connectivity index (χ0v) is 15.5. The van der Waals surface area contributed by atoms with Crippen LogP contribution in [0, 0.1) is 6.92 Å². The fraction of sp³-hybridized carbons (Fsp3) is 0.667. The van der Waals surface area contributed by atoms with Gasteiger partial charge in [0.15, 0.2) is 0 Å². The van der Waals surface area contributed by atoms with E-state index in [0.717, 1.165) is 24.5 Å². The van der Waals surface area contributed by atoms with Crippen LogP contribution in [-0.4, -0.2) is 59.2 Å². The van der Waals surface area contributed by atoms with E-state index in [1.165, 1.54) is 16.4 Å². The van der Waals surface area contributed by atoms with Crippen LogP contribution in [0.25, 0.3) is 0 Å².